The van der Waals surface area contributed by atoms with Gasteiger partial charge in [0.25, 0.3) is 0 Å². The Balaban J connectivity index is 1.68. The van der Waals surface area contributed by atoms with E-state index in [1.165, 1.54) is 23.3 Å². The summed E-state index contributed by atoms with van der Waals surface area (Å²) in [5.74, 6) is 0.975. The number of hydrogen-bond donors (Lipinski definition) is 1. The van der Waals surface area contributed by atoms with Crippen molar-refractivity contribution in [3.63, 3.8) is 0 Å². The fourth-order valence-corrected chi connectivity index (χ4v) is 2.66. The van der Waals surface area contributed by atoms with E-state index in [-0.39, 0.29) is 0 Å². The van der Waals surface area contributed by atoms with Gasteiger partial charge >= 0.3 is 0 Å². The lowest BCUT2D eigenvalue weighted by Crippen LogP contribution is -2.11. The van der Waals surface area contributed by atoms with Gasteiger partial charge in [0.05, 0.1) is 6.61 Å². The maximum absolute atomic E-state index is 5.71. The second kappa shape index (κ2) is 8.77. The van der Waals surface area contributed by atoms with Crippen molar-refractivity contribution in [2.24, 2.45) is 0 Å². The van der Waals surface area contributed by atoms with Crippen molar-refractivity contribution in [3.8, 4) is 5.75 Å². The molecule has 1 aromatic carbocycles. The highest BCUT2D eigenvalue weighted by Gasteiger charge is 1.97. The minimum atomic E-state index is 0.823. The van der Waals surface area contributed by atoms with Crippen LogP contribution in [0.25, 0.3) is 0 Å². The zero-order chi connectivity index (χ0) is 14.0. The van der Waals surface area contributed by atoms with Gasteiger partial charge in [-0.25, -0.2) is 0 Å². The molecular weight excluding hydrogens is 266 g/mol. The van der Waals surface area contributed by atoms with Gasteiger partial charge in [0, 0.05) is 18.0 Å². The molecule has 0 unspecified atom stereocenters. The van der Waals surface area contributed by atoms with E-state index in [0.29, 0.717) is 0 Å². The van der Waals surface area contributed by atoms with Crippen molar-refractivity contribution in [2.45, 2.75) is 39.3 Å². The Morgan fingerprint density at radius 3 is 2.60 bits per heavy atom. The molecule has 0 amide bonds. The van der Waals surface area contributed by atoms with Crippen LogP contribution in [0.3, 0.4) is 0 Å². The van der Waals surface area contributed by atoms with E-state index in [2.05, 4.69) is 54.0 Å². The first-order valence-corrected chi connectivity index (χ1v) is 8.21. The van der Waals surface area contributed by atoms with E-state index >= 15 is 0 Å². The quantitative estimate of drug-likeness (QED) is 0.681. The minimum Gasteiger partial charge on any atom is -0.494 e. The van der Waals surface area contributed by atoms with Gasteiger partial charge in [0.15, 0.2) is 0 Å². The SMILES string of the molecule is CCCCCOc1ccc(CNCc2cccs2)cc1. The largest absolute Gasteiger partial charge is 0.494 e. The van der Waals surface area contributed by atoms with Crippen LogP contribution < -0.4 is 10.1 Å². The second-order valence-corrected chi connectivity index (χ2v) is 5.91. The summed E-state index contributed by atoms with van der Waals surface area (Å²) in [5, 5.41) is 5.57. The molecular formula is C17H23NOS. The van der Waals surface area contributed by atoms with E-state index in [0.717, 1.165) is 31.9 Å². The number of benzene rings is 1. The molecule has 2 aromatic rings. The summed E-state index contributed by atoms with van der Waals surface area (Å²) in [6.07, 6.45) is 3.61. The Labute approximate surface area is 125 Å². The Morgan fingerprint density at radius 1 is 1.05 bits per heavy atom. The maximum Gasteiger partial charge on any atom is 0.119 e. The molecule has 0 aliphatic carbocycles. The van der Waals surface area contributed by atoms with Crippen LogP contribution >= 0.6 is 11.3 Å². The van der Waals surface area contributed by atoms with Crippen molar-refractivity contribution in [2.75, 3.05) is 6.61 Å². The number of hydrogen-bond acceptors (Lipinski definition) is 3. The predicted octanol–water partition coefficient (Wildman–Crippen LogP) is 4.61. The van der Waals surface area contributed by atoms with Crippen LogP contribution in [0.15, 0.2) is 41.8 Å². The average Bonchev–Trinajstić information content (AvgIpc) is 2.98. The highest BCUT2D eigenvalue weighted by molar-refractivity contribution is 7.09. The van der Waals surface area contributed by atoms with E-state index < -0.39 is 0 Å². The molecule has 0 saturated carbocycles. The lowest BCUT2D eigenvalue weighted by atomic mass is 10.2. The standard InChI is InChI=1S/C17H23NOS/c1-2-3-4-11-19-16-9-7-15(8-10-16)13-18-14-17-6-5-12-20-17/h5-10,12,18H,2-4,11,13-14H2,1H3. The first-order chi connectivity index (χ1) is 9.88. The molecule has 20 heavy (non-hydrogen) atoms. The molecule has 0 radical (unpaired) electrons. The van der Waals surface area contributed by atoms with E-state index in [1.807, 2.05) is 0 Å². The third-order valence-corrected chi connectivity index (χ3v) is 4.02. The molecule has 0 spiro atoms. The van der Waals surface area contributed by atoms with E-state index in [1.54, 1.807) is 11.3 Å². The van der Waals surface area contributed by atoms with Gasteiger partial charge in [-0.05, 0) is 35.6 Å². The first kappa shape index (κ1) is 15.1. The number of thiophene rings is 1. The van der Waals surface area contributed by atoms with Gasteiger partial charge in [-0.1, -0.05) is 38.0 Å². The maximum atomic E-state index is 5.71. The fraction of sp³-hybridized carbons (Fsp3) is 0.412. The van der Waals surface area contributed by atoms with Crippen LogP contribution in [-0.4, -0.2) is 6.61 Å². The average molecular weight is 289 g/mol. The van der Waals surface area contributed by atoms with Crippen molar-refractivity contribution < 1.29 is 4.74 Å². The molecule has 2 rings (SSSR count). The molecule has 0 aliphatic heterocycles. The minimum absolute atomic E-state index is 0.823. The Hall–Kier alpha value is -1.32. The van der Waals surface area contributed by atoms with Crippen LogP contribution in [0.5, 0.6) is 5.75 Å². The molecule has 1 aromatic heterocycles. The van der Waals surface area contributed by atoms with Crippen molar-refractivity contribution in [1.82, 2.24) is 5.32 Å². The van der Waals surface area contributed by atoms with Crippen LogP contribution in [0.4, 0.5) is 0 Å². The lowest BCUT2D eigenvalue weighted by molar-refractivity contribution is 0.306. The number of ether oxygens (including phenoxy) is 1. The first-order valence-electron chi connectivity index (χ1n) is 7.33. The molecule has 108 valence electrons. The molecule has 2 nitrogen and oxygen atoms in total. The zero-order valence-corrected chi connectivity index (χ0v) is 12.9. The smallest absolute Gasteiger partial charge is 0.119 e. The summed E-state index contributed by atoms with van der Waals surface area (Å²) in [6, 6.07) is 12.6. The molecule has 3 heteroatoms. The predicted molar refractivity (Wildman–Crippen MR) is 86.3 cm³/mol. The van der Waals surface area contributed by atoms with Crippen LogP contribution in [-0.2, 0) is 13.1 Å². The van der Waals surface area contributed by atoms with E-state index in [9.17, 15) is 0 Å². The Bertz CT molecular complexity index is 464. The second-order valence-electron chi connectivity index (χ2n) is 4.88. The van der Waals surface area contributed by atoms with Crippen LogP contribution in [0, 0.1) is 0 Å². The molecule has 0 fully saturated rings. The fourth-order valence-electron chi connectivity index (χ4n) is 1.99. The van der Waals surface area contributed by atoms with Gasteiger partial charge in [-0.3, -0.25) is 0 Å². The molecule has 0 atom stereocenters. The molecule has 0 bridgehead atoms. The summed E-state index contributed by atoms with van der Waals surface area (Å²) < 4.78 is 5.71. The van der Waals surface area contributed by atoms with Gasteiger partial charge < -0.3 is 10.1 Å². The van der Waals surface area contributed by atoms with Crippen LogP contribution in [0.2, 0.25) is 0 Å². The number of unbranched alkanes of at least 4 members (excludes halogenated alkanes) is 2. The Morgan fingerprint density at radius 2 is 1.90 bits per heavy atom. The summed E-state index contributed by atoms with van der Waals surface area (Å²) in [6.45, 7) is 4.86. The normalized spacial score (nSPS) is 10.7. The third kappa shape index (κ3) is 5.35. The van der Waals surface area contributed by atoms with Crippen molar-refractivity contribution in [1.29, 1.82) is 0 Å². The summed E-state index contributed by atoms with van der Waals surface area (Å²) in [5.41, 5.74) is 1.29. The van der Waals surface area contributed by atoms with Gasteiger partial charge in [-0.2, -0.15) is 0 Å². The van der Waals surface area contributed by atoms with Gasteiger partial charge in [-0.15, -0.1) is 11.3 Å². The highest BCUT2D eigenvalue weighted by atomic mass is 32.1. The monoisotopic (exact) mass is 289 g/mol. The van der Waals surface area contributed by atoms with Gasteiger partial charge in [0.1, 0.15) is 5.75 Å². The molecule has 1 N–H and O–H groups in total. The van der Waals surface area contributed by atoms with Gasteiger partial charge in [0.2, 0.25) is 0 Å². The highest BCUT2D eigenvalue weighted by Crippen LogP contribution is 2.13. The topological polar surface area (TPSA) is 21.3 Å². The third-order valence-electron chi connectivity index (χ3n) is 3.15. The number of nitrogens with one attached hydrogen (secondary N) is 1. The molecule has 0 aliphatic rings. The number of rotatable bonds is 9. The van der Waals surface area contributed by atoms with E-state index in [4.69, 9.17) is 4.74 Å². The van der Waals surface area contributed by atoms with Crippen LogP contribution in [0.1, 0.15) is 36.6 Å². The summed E-state index contributed by atoms with van der Waals surface area (Å²) in [4.78, 5) is 1.38. The lowest BCUT2D eigenvalue weighted by Gasteiger charge is -2.07. The molecule has 1 heterocycles. The molecule has 0 saturated heterocycles. The zero-order valence-electron chi connectivity index (χ0n) is 12.1. The Kier molecular flexibility index (Phi) is 6.61. The van der Waals surface area contributed by atoms with Crippen molar-refractivity contribution >= 4 is 11.3 Å². The summed E-state index contributed by atoms with van der Waals surface area (Å²) >= 11 is 1.79. The summed E-state index contributed by atoms with van der Waals surface area (Å²) in [7, 11) is 0. The van der Waals surface area contributed by atoms with Crippen molar-refractivity contribution in [3.05, 3.63) is 52.2 Å².